The van der Waals surface area contributed by atoms with Gasteiger partial charge in [0.1, 0.15) is 11.0 Å². The van der Waals surface area contributed by atoms with E-state index in [1.165, 1.54) is 0 Å². The smallest absolute Gasteiger partial charge is 0.276 e. The summed E-state index contributed by atoms with van der Waals surface area (Å²) in [5.74, 6) is 0.0254. The zero-order valence-corrected chi connectivity index (χ0v) is 11.4. The molecular formula is C12H19N5O4. The summed E-state index contributed by atoms with van der Waals surface area (Å²) in [4.78, 5) is 22.8. The quantitative estimate of drug-likeness (QED) is 0.345. The van der Waals surface area contributed by atoms with Crippen molar-refractivity contribution in [2.45, 2.75) is 12.6 Å². The van der Waals surface area contributed by atoms with Crippen molar-refractivity contribution < 1.29 is 15.3 Å². The molecular weight excluding hydrogens is 278 g/mol. The number of fused-ring (bicyclic) bond motifs is 1. The number of H-pyrrole nitrogens is 2. The highest BCUT2D eigenvalue weighted by atomic mass is 16.3. The van der Waals surface area contributed by atoms with E-state index in [0.717, 1.165) is 5.56 Å². The Hall–Kier alpha value is -1.94. The van der Waals surface area contributed by atoms with Gasteiger partial charge in [-0.1, -0.05) is 0 Å². The number of nitrogen functional groups attached to an aromatic ring is 1. The number of hydrogen-bond acceptors (Lipinski definition) is 7. The van der Waals surface area contributed by atoms with Crippen LogP contribution in [0.25, 0.3) is 11.0 Å². The first-order valence-corrected chi connectivity index (χ1v) is 6.53. The van der Waals surface area contributed by atoms with Crippen molar-refractivity contribution in [1.29, 1.82) is 0 Å². The summed E-state index contributed by atoms with van der Waals surface area (Å²) >= 11 is 0. The fourth-order valence-corrected chi connectivity index (χ4v) is 2.18. The van der Waals surface area contributed by atoms with Crippen molar-refractivity contribution in [3.63, 3.8) is 0 Å². The third-order valence-electron chi connectivity index (χ3n) is 3.12. The normalized spacial score (nSPS) is 13.1. The molecule has 0 aliphatic rings. The lowest BCUT2D eigenvalue weighted by molar-refractivity contribution is 0.0511. The summed E-state index contributed by atoms with van der Waals surface area (Å²) in [6.45, 7) is 0.426. The van der Waals surface area contributed by atoms with Gasteiger partial charge in [-0.05, 0) is 0 Å². The highest BCUT2D eigenvalue weighted by Gasteiger charge is 2.15. The first kappa shape index (κ1) is 15.4. The number of aromatic amines is 2. The molecule has 2 rings (SSSR count). The van der Waals surface area contributed by atoms with Gasteiger partial charge in [0.25, 0.3) is 5.56 Å². The van der Waals surface area contributed by atoms with Crippen LogP contribution in [0.3, 0.4) is 0 Å². The molecule has 2 heterocycles. The SMILES string of the molecule is Nc1nc2c(CN(CCO)CC(O)CO)c[nH]c2c(=O)[nH]1. The van der Waals surface area contributed by atoms with Crippen LogP contribution in [0.5, 0.6) is 0 Å². The Morgan fingerprint density at radius 1 is 1.43 bits per heavy atom. The van der Waals surface area contributed by atoms with Crippen molar-refractivity contribution in [3.8, 4) is 0 Å². The molecule has 0 aromatic carbocycles. The van der Waals surface area contributed by atoms with Crippen LogP contribution < -0.4 is 11.3 Å². The molecule has 0 aliphatic carbocycles. The molecule has 0 bridgehead atoms. The number of rotatable bonds is 7. The van der Waals surface area contributed by atoms with Crippen LogP contribution in [0.2, 0.25) is 0 Å². The molecule has 0 aliphatic heterocycles. The zero-order valence-electron chi connectivity index (χ0n) is 11.4. The Morgan fingerprint density at radius 2 is 2.19 bits per heavy atom. The van der Waals surface area contributed by atoms with Crippen molar-refractivity contribution in [1.82, 2.24) is 19.9 Å². The Kier molecular flexibility index (Phi) is 4.91. The predicted molar refractivity (Wildman–Crippen MR) is 76.6 cm³/mol. The lowest BCUT2D eigenvalue weighted by atomic mass is 10.2. The molecule has 0 fully saturated rings. The maximum Gasteiger partial charge on any atom is 0.276 e. The fraction of sp³-hybridized carbons (Fsp3) is 0.500. The van der Waals surface area contributed by atoms with Gasteiger partial charge in [0.2, 0.25) is 5.95 Å². The van der Waals surface area contributed by atoms with Gasteiger partial charge in [0.05, 0.1) is 19.3 Å². The van der Waals surface area contributed by atoms with E-state index in [1.54, 1.807) is 11.1 Å². The molecule has 21 heavy (non-hydrogen) atoms. The van der Waals surface area contributed by atoms with Gasteiger partial charge in [-0.15, -0.1) is 0 Å². The molecule has 0 saturated heterocycles. The molecule has 0 saturated carbocycles. The molecule has 0 amide bonds. The summed E-state index contributed by atoms with van der Waals surface area (Å²) in [6.07, 6.45) is 0.741. The summed E-state index contributed by atoms with van der Waals surface area (Å²) in [6, 6.07) is 0. The molecule has 7 N–H and O–H groups in total. The largest absolute Gasteiger partial charge is 0.395 e. The van der Waals surface area contributed by atoms with Crippen LogP contribution >= 0.6 is 0 Å². The van der Waals surface area contributed by atoms with Crippen molar-refractivity contribution in [2.75, 3.05) is 32.0 Å². The molecule has 9 nitrogen and oxygen atoms in total. The second-order valence-corrected chi connectivity index (χ2v) is 4.78. The van der Waals surface area contributed by atoms with Crippen LogP contribution in [0.1, 0.15) is 5.56 Å². The van der Waals surface area contributed by atoms with Gasteiger partial charge >= 0.3 is 0 Å². The van der Waals surface area contributed by atoms with E-state index in [4.69, 9.17) is 15.9 Å². The van der Waals surface area contributed by atoms with E-state index < -0.39 is 6.10 Å². The minimum atomic E-state index is -0.900. The fourth-order valence-electron chi connectivity index (χ4n) is 2.18. The summed E-state index contributed by atoms with van der Waals surface area (Å²) in [7, 11) is 0. The van der Waals surface area contributed by atoms with E-state index in [1.807, 2.05) is 0 Å². The molecule has 9 heteroatoms. The summed E-state index contributed by atoms with van der Waals surface area (Å²) in [5.41, 5.74) is 6.69. The number of aliphatic hydroxyl groups excluding tert-OH is 3. The van der Waals surface area contributed by atoms with Gasteiger partial charge in [0.15, 0.2) is 0 Å². The van der Waals surface area contributed by atoms with E-state index in [0.29, 0.717) is 24.1 Å². The number of hydrogen-bond donors (Lipinski definition) is 6. The molecule has 2 aromatic rings. The van der Waals surface area contributed by atoms with Crippen LogP contribution in [-0.2, 0) is 6.54 Å². The number of nitrogens with zero attached hydrogens (tertiary/aromatic N) is 2. The molecule has 0 spiro atoms. The van der Waals surface area contributed by atoms with E-state index in [-0.39, 0.29) is 31.3 Å². The second kappa shape index (κ2) is 6.68. The summed E-state index contributed by atoms with van der Waals surface area (Å²) < 4.78 is 0. The number of anilines is 1. The first-order chi connectivity index (χ1) is 10.0. The molecule has 1 atom stereocenters. The van der Waals surface area contributed by atoms with E-state index >= 15 is 0 Å². The van der Waals surface area contributed by atoms with Gasteiger partial charge in [-0.2, -0.15) is 0 Å². The monoisotopic (exact) mass is 297 g/mol. The Morgan fingerprint density at radius 3 is 2.86 bits per heavy atom. The molecule has 0 radical (unpaired) electrons. The lowest BCUT2D eigenvalue weighted by Crippen LogP contribution is -2.35. The van der Waals surface area contributed by atoms with Gasteiger partial charge in [0, 0.05) is 31.4 Å². The average Bonchev–Trinajstić information content (AvgIpc) is 2.82. The summed E-state index contributed by atoms with van der Waals surface area (Å²) in [5, 5.41) is 27.5. The lowest BCUT2D eigenvalue weighted by Gasteiger charge is -2.23. The van der Waals surface area contributed by atoms with Crippen LogP contribution in [0, 0.1) is 0 Å². The Labute approximate surface area is 120 Å². The van der Waals surface area contributed by atoms with Crippen molar-refractivity contribution in [3.05, 3.63) is 22.1 Å². The standard InChI is InChI=1S/C12H19N5O4/c13-12-15-9-7(3-14-10(9)11(21)16-12)4-17(1-2-18)5-8(20)6-19/h3,8,14,18-20H,1-2,4-6H2,(H3,13,15,16,21). The Balaban J connectivity index is 2.26. The zero-order chi connectivity index (χ0) is 15.4. The predicted octanol–water partition coefficient (Wildman–Crippen LogP) is -2.02. The second-order valence-electron chi connectivity index (χ2n) is 4.78. The Bertz CT molecular complexity index is 653. The maximum atomic E-state index is 11.7. The molecule has 1 unspecified atom stereocenters. The van der Waals surface area contributed by atoms with Gasteiger partial charge in [-0.25, -0.2) is 4.98 Å². The number of nitrogens with one attached hydrogen (secondary N) is 2. The average molecular weight is 297 g/mol. The minimum Gasteiger partial charge on any atom is -0.395 e. The van der Waals surface area contributed by atoms with E-state index in [2.05, 4.69) is 15.0 Å². The topological polar surface area (TPSA) is 151 Å². The van der Waals surface area contributed by atoms with Crippen molar-refractivity contribution >= 4 is 17.0 Å². The minimum absolute atomic E-state index is 0.0254. The third kappa shape index (κ3) is 3.58. The van der Waals surface area contributed by atoms with E-state index in [9.17, 15) is 9.90 Å². The van der Waals surface area contributed by atoms with Crippen molar-refractivity contribution in [2.24, 2.45) is 0 Å². The first-order valence-electron chi connectivity index (χ1n) is 6.53. The number of aromatic nitrogens is 3. The van der Waals surface area contributed by atoms with Crippen LogP contribution in [0.15, 0.2) is 11.0 Å². The number of nitrogens with two attached hydrogens (primary N) is 1. The number of aliphatic hydroxyl groups is 3. The molecule has 2 aromatic heterocycles. The third-order valence-corrected chi connectivity index (χ3v) is 3.12. The van der Waals surface area contributed by atoms with Gasteiger partial charge in [-0.3, -0.25) is 14.7 Å². The van der Waals surface area contributed by atoms with Crippen LogP contribution in [-0.4, -0.2) is 67.6 Å². The maximum absolute atomic E-state index is 11.7. The highest BCUT2D eigenvalue weighted by Crippen LogP contribution is 2.15. The molecule has 116 valence electrons. The van der Waals surface area contributed by atoms with Crippen LogP contribution in [0.4, 0.5) is 5.95 Å². The highest BCUT2D eigenvalue weighted by molar-refractivity contribution is 5.78. The van der Waals surface area contributed by atoms with Gasteiger partial charge < -0.3 is 26.0 Å².